The molecule has 0 bridgehead atoms. The maximum Gasteiger partial charge on any atom is 0.336 e. The second kappa shape index (κ2) is 9.08. The fourth-order valence-corrected chi connectivity index (χ4v) is 3.39. The van der Waals surface area contributed by atoms with Crippen molar-refractivity contribution in [3.8, 4) is 11.5 Å². The molecule has 2 aromatic rings. The van der Waals surface area contributed by atoms with Crippen molar-refractivity contribution in [2.24, 2.45) is 0 Å². The number of phenolic OH excluding ortho intramolecular Hbond substituents is 2. The van der Waals surface area contributed by atoms with E-state index in [-0.39, 0.29) is 29.1 Å². The fraction of sp³-hybridized carbons (Fsp3) is 0.280. The van der Waals surface area contributed by atoms with E-state index in [1.54, 1.807) is 38.1 Å². The zero-order valence-corrected chi connectivity index (χ0v) is 18.3. The molecule has 0 unspecified atom stereocenters. The van der Waals surface area contributed by atoms with Crippen LogP contribution in [0.25, 0.3) is 0 Å². The van der Waals surface area contributed by atoms with Crippen LogP contribution in [-0.4, -0.2) is 27.9 Å². The molecule has 2 aromatic carbocycles. The van der Waals surface area contributed by atoms with Crippen molar-refractivity contribution in [1.82, 2.24) is 0 Å². The molecule has 0 aromatic heterocycles. The minimum atomic E-state index is -1.78. The summed E-state index contributed by atoms with van der Waals surface area (Å²) in [5.74, 6) is -3.12. The van der Waals surface area contributed by atoms with Gasteiger partial charge >= 0.3 is 11.9 Å². The van der Waals surface area contributed by atoms with Crippen LogP contribution < -0.4 is 0 Å². The first-order chi connectivity index (χ1) is 14.5. The highest BCUT2D eigenvalue weighted by atomic mass is 16.7. The summed E-state index contributed by atoms with van der Waals surface area (Å²) < 4.78 is 11.7. The quantitative estimate of drug-likeness (QED) is 0.361. The van der Waals surface area contributed by atoms with E-state index in [4.69, 9.17) is 9.47 Å². The Morgan fingerprint density at radius 3 is 1.39 bits per heavy atom. The lowest BCUT2D eigenvalue weighted by Gasteiger charge is -2.47. The van der Waals surface area contributed by atoms with Crippen molar-refractivity contribution >= 4 is 11.9 Å². The number of carbonyl (C=O) groups excluding carboxylic acids is 2. The van der Waals surface area contributed by atoms with Crippen molar-refractivity contribution < 1.29 is 29.3 Å². The average molecular weight is 424 g/mol. The second-order valence-electron chi connectivity index (χ2n) is 7.66. The van der Waals surface area contributed by atoms with E-state index in [1.807, 2.05) is 0 Å². The molecule has 0 heterocycles. The van der Waals surface area contributed by atoms with Crippen LogP contribution in [0.2, 0.25) is 0 Å². The van der Waals surface area contributed by atoms with Crippen LogP contribution in [0.4, 0.5) is 0 Å². The van der Waals surface area contributed by atoms with Crippen molar-refractivity contribution in [2.75, 3.05) is 0 Å². The maximum absolute atomic E-state index is 12.7. The molecule has 0 aliphatic heterocycles. The predicted molar refractivity (Wildman–Crippen MR) is 118 cm³/mol. The lowest BCUT2D eigenvalue weighted by atomic mass is 9.68. The molecular formula is C25H28O6. The molecule has 0 aliphatic carbocycles. The van der Waals surface area contributed by atoms with Crippen LogP contribution >= 0.6 is 0 Å². The zero-order chi connectivity index (χ0) is 23.4. The molecule has 2 N–H and O–H groups in total. The normalized spacial score (nSPS) is 11.5. The van der Waals surface area contributed by atoms with Crippen molar-refractivity contribution in [2.45, 2.75) is 45.3 Å². The Hall–Kier alpha value is -3.54. The van der Waals surface area contributed by atoms with Crippen LogP contribution in [0.15, 0.2) is 72.8 Å². The van der Waals surface area contributed by atoms with Gasteiger partial charge in [0, 0.05) is 17.6 Å². The molecule has 31 heavy (non-hydrogen) atoms. The van der Waals surface area contributed by atoms with Crippen LogP contribution in [0.1, 0.15) is 45.2 Å². The first kappa shape index (κ1) is 23.7. The standard InChI is InChI=1S/C25H28O6/c1-7-25(30-22(28)16(2)3,31-23(29)17(4)5)24(6,18-8-12-20(26)13-9-18)19-10-14-21(27)15-11-19/h8-15,26-27H,2,4,7H2,1,3,5-6H3. The van der Waals surface area contributed by atoms with E-state index >= 15 is 0 Å². The summed E-state index contributed by atoms with van der Waals surface area (Å²) in [7, 11) is 0. The summed E-state index contributed by atoms with van der Waals surface area (Å²) in [4.78, 5) is 25.3. The van der Waals surface area contributed by atoms with Gasteiger partial charge in [0.15, 0.2) is 0 Å². The van der Waals surface area contributed by atoms with Gasteiger partial charge in [0.2, 0.25) is 0 Å². The molecule has 6 heteroatoms. The molecule has 164 valence electrons. The number of phenols is 2. The minimum absolute atomic E-state index is 0.0526. The largest absolute Gasteiger partial charge is 0.508 e. The number of hydrogen-bond acceptors (Lipinski definition) is 6. The predicted octanol–water partition coefficient (Wildman–Crippen LogP) is 4.75. The number of hydrogen-bond donors (Lipinski definition) is 2. The van der Waals surface area contributed by atoms with E-state index in [9.17, 15) is 19.8 Å². The Morgan fingerprint density at radius 1 is 0.806 bits per heavy atom. The second-order valence-corrected chi connectivity index (χ2v) is 7.66. The molecule has 2 rings (SSSR count). The van der Waals surface area contributed by atoms with E-state index in [2.05, 4.69) is 13.2 Å². The molecule has 0 saturated heterocycles. The van der Waals surface area contributed by atoms with Gasteiger partial charge in [-0.3, -0.25) is 0 Å². The number of esters is 2. The van der Waals surface area contributed by atoms with Crippen molar-refractivity contribution in [1.29, 1.82) is 0 Å². The fourth-order valence-electron chi connectivity index (χ4n) is 3.39. The highest BCUT2D eigenvalue weighted by Gasteiger charge is 2.56. The third-order valence-electron chi connectivity index (χ3n) is 5.33. The molecule has 0 atom stereocenters. The molecule has 0 radical (unpaired) electrons. The Kier molecular flexibility index (Phi) is 6.95. The van der Waals surface area contributed by atoms with Gasteiger partial charge < -0.3 is 19.7 Å². The van der Waals surface area contributed by atoms with Gasteiger partial charge in [0.25, 0.3) is 5.79 Å². The number of ether oxygens (including phenoxy) is 2. The monoisotopic (exact) mass is 424 g/mol. The third kappa shape index (κ3) is 4.63. The summed E-state index contributed by atoms with van der Waals surface area (Å²) in [5.41, 5.74) is 0.286. The molecule has 6 nitrogen and oxygen atoms in total. The molecular weight excluding hydrogens is 396 g/mol. The summed E-state index contributed by atoms with van der Waals surface area (Å²) in [6.07, 6.45) is 0.100. The lowest BCUT2D eigenvalue weighted by Crippen LogP contribution is -2.56. The van der Waals surface area contributed by atoms with Crippen LogP contribution in [-0.2, 0) is 24.5 Å². The summed E-state index contributed by atoms with van der Waals surface area (Å²) >= 11 is 0. The van der Waals surface area contributed by atoms with E-state index in [0.717, 1.165) is 0 Å². The first-order valence-corrected chi connectivity index (χ1v) is 9.83. The van der Waals surface area contributed by atoms with Gasteiger partial charge in [-0.25, -0.2) is 9.59 Å². The van der Waals surface area contributed by atoms with Crippen LogP contribution in [0, 0.1) is 0 Å². The molecule has 0 saturated carbocycles. The van der Waals surface area contributed by atoms with Gasteiger partial charge in [0.05, 0.1) is 5.41 Å². The number of rotatable bonds is 8. The zero-order valence-electron chi connectivity index (χ0n) is 18.3. The van der Waals surface area contributed by atoms with Gasteiger partial charge in [-0.05, 0) is 56.2 Å². The van der Waals surface area contributed by atoms with Crippen molar-refractivity contribution in [3.63, 3.8) is 0 Å². The Labute approximate surface area is 182 Å². The molecule has 0 amide bonds. The summed E-state index contributed by atoms with van der Waals surface area (Å²) in [5, 5.41) is 19.6. The highest BCUT2D eigenvalue weighted by molar-refractivity contribution is 5.89. The van der Waals surface area contributed by atoms with Gasteiger partial charge in [-0.2, -0.15) is 0 Å². The SMILES string of the molecule is C=C(C)C(=O)OC(CC)(OC(=O)C(=C)C)C(C)(c1ccc(O)cc1)c1ccc(O)cc1. The molecule has 0 aliphatic rings. The third-order valence-corrected chi connectivity index (χ3v) is 5.33. The lowest BCUT2D eigenvalue weighted by molar-refractivity contribution is -0.245. The van der Waals surface area contributed by atoms with Crippen molar-refractivity contribution in [3.05, 3.63) is 84.0 Å². The van der Waals surface area contributed by atoms with Crippen LogP contribution in [0.3, 0.4) is 0 Å². The van der Waals surface area contributed by atoms with E-state index < -0.39 is 23.1 Å². The summed E-state index contributed by atoms with van der Waals surface area (Å²) in [6, 6.07) is 12.6. The maximum atomic E-state index is 12.7. The van der Waals surface area contributed by atoms with Crippen LogP contribution in [0.5, 0.6) is 11.5 Å². The number of carbonyl (C=O) groups is 2. The number of benzene rings is 2. The van der Waals surface area contributed by atoms with E-state index in [1.165, 1.54) is 38.1 Å². The number of aromatic hydroxyl groups is 2. The van der Waals surface area contributed by atoms with Gasteiger partial charge in [0.1, 0.15) is 11.5 Å². The minimum Gasteiger partial charge on any atom is -0.508 e. The topological polar surface area (TPSA) is 93.1 Å². The Morgan fingerprint density at radius 2 is 1.13 bits per heavy atom. The van der Waals surface area contributed by atoms with Gasteiger partial charge in [-0.1, -0.05) is 44.3 Å². The average Bonchev–Trinajstić information content (AvgIpc) is 2.73. The highest BCUT2D eigenvalue weighted by Crippen LogP contribution is 2.47. The molecule has 0 spiro atoms. The molecule has 0 fully saturated rings. The van der Waals surface area contributed by atoms with Gasteiger partial charge in [-0.15, -0.1) is 0 Å². The first-order valence-electron chi connectivity index (χ1n) is 9.83. The Bertz CT molecular complexity index is 912. The van der Waals surface area contributed by atoms with E-state index in [0.29, 0.717) is 11.1 Å². The summed E-state index contributed by atoms with van der Waals surface area (Å²) in [6.45, 7) is 13.8. The smallest absolute Gasteiger partial charge is 0.336 e. The Balaban J connectivity index is 2.86.